The van der Waals surface area contributed by atoms with E-state index in [0.717, 1.165) is 18.9 Å². The summed E-state index contributed by atoms with van der Waals surface area (Å²) >= 11 is 3.13. The molecule has 1 aliphatic rings. The zero-order chi connectivity index (χ0) is 11.1. The molecule has 2 rings (SSSR count). The lowest BCUT2D eigenvalue weighted by molar-refractivity contribution is -0.137. The molecule has 0 saturated heterocycles. The fourth-order valence-electron chi connectivity index (χ4n) is 1.43. The maximum atomic E-state index is 12.5. The van der Waals surface area contributed by atoms with Crippen molar-refractivity contribution in [1.29, 1.82) is 0 Å². The topological polar surface area (TPSA) is 12.9 Å². The van der Waals surface area contributed by atoms with Crippen LogP contribution in [0, 0.1) is 0 Å². The third-order valence-corrected chi connectivity index (χ3v) is 2.93. The zero-order valence-corrected chi connectivity index (χ0v) is 9.40. The molecule has 1 saturated carbocycles. The highest BCUT2D eigenvalue weighted by Crippen LogP contribution is 2.41. The van der Waals surface area contributed by atoms with E-state index in [9.17, 15) is 13.2 Å². The third kappa shape index (κ3) is 2.51. The van der Waals surface area contributed by atoms with Crippen molar-refractivity contribution in [3.05, 3.63) is 29.1 Å². The van der Waals surface area contributed by atoms with Crippen LogP contribution in [0.1, 0.15) is 35.7 Å². The van der Waals surface area contributed by atoms with Crippen molar-refractivity contribution in [1.82, 2.24) is 4.98 Å². The summed E-state index contributed by atoms with van der Waals surface area (Å²) in [5, 5.41) is 0.358. The van der Waals surface area contributed by atoms with Gasteiger partial charge in [0.05, 0.1) is 11.3 Å². The van der Waals surface area contributed by atoms with Crippen molar-refractivity contribution in [2.75, 3.05) is 0 Å². The third-order valence-electron chi connectivity index (χ3n) is 2.36. The molecule has 82 valence electrons. The Bertz CT molecular complexity index is 371. The standard InChI is InChI=1S/C10H9BrF3N/c11-5-8-3-7(10(12,13)14)4-9(15-8)6-1-2-6/h3-4,6H,1-2,5H2. The summed E-state index contributed by atoms with van der Waals surface area (Å²) in [6.45, 7) is 0. The van der Waals surface area contributed by atoms with E-state index in [1.54, 1.807) is 0 Å². The average Bonchev–Trinajstić information content (AvgIpc) is 2.99. The molecular formula is C10H9BrF3N. The molecule has 1 heterocycles. The number of nitrogens with zero attached hydrogens (tertiary/aromatic N) is 1. The summed E-state index contributed by atoms with van der Waals surface area (Å²) in [6.07, 6.45) is -2.37. The Kier molecular flexibility index (Phi) is 2.75. The molecule has 5 heteroatoms. The minimum Gasteiger partial charge on any atom is -0.257 e. The van der Waals surface area contributed by atoms with Gasteiger partial charge in [-0.15, -0.1) is 0 Å². The molecule has 0 bridgehead atoms. The minimum absolute atomic E-state index is 0.241. The van der Waals surface area contributed by atoms with Crippen LogP contribution in [0.25, 0.3) is 0 Å². The first-order valence-corrected chi connectivity index (χ1v) is 5.77. The normalized spacial score (nSPS) is 16.8. The first kappa shape index (κ1) is 10.9. The minimum atomic E-state index is -4.27. The number of alkyl halides is 4. The summed E-state index contributed by atoms with van der Waals surface area (Å²) in [5.41, 5.74) is 0.444. The van der Waals surface area contributed by atoms with E-state index in [4.69, 9.17) is 0 Å². The van der Waals surface area contributed by atoms with Gasteiger partial charge in [0.2, 0.25) is 0 Å². The van der Waals surface area contributed by atoms with E-state index < -0.39 is 11.7 Å². The largest absolute Gasteiger partial charge is 0.416 e. The number of hydrogen-bond donors (Lipinski definition) is 0. The van der Waals surface area contributed by atoms with Crippen molar-refractivity contribution in [3.8, 4) is 0 Å². The molecule has 0 aromatic carbocycles. The molecule has 1 aromatic rings. The molecule has 1 aromatic heterocycles. The fourth-order valence-corrected chi connectivity index (χ4v) is 1.72. The average molecular weight is 280 g/mol. The van der Waals surface area contributed by atoms with Crippen LogP contribution in [0.3, 0.4) is 0 Å². The smallest absolute Gasteiger partial charge is 0.257 e. The maximum absolute atomic E-state index is 12.5. The lowest BCUT2D eigenvalue weighted by atomic mass is 10.1. The summed E-state index contributed by atoms with van der Waals surface area (Å²) in [6, 6.07) is 2.27. The van der Waals surface area contributed by atoms with Gasteiger partial charge in [-0.2, -0.15) is 13.2 Å². The molecule has 0 spiro atoms. The van der Waals surface area contributed by atoms with E-state index in [2.05, 4.69) is 20.9 Å². The van der Waals surface area contributed by atoms with Gasteiger partial charge in [0.1, 0.15) is 0 Å². The Morgan fingerprint density at radius 3 is 2.47 bits per heavy atom. The van der Waals surface area contributed by atoms with Gasteiger partial charge < -0.3 is 0 Å². The van der Waals surface area contributed by atoms with Gasteiger partial charge >= 0.3 is 6.18 Å². The maximum Gasteiger partial charge on any atom is 0.416 e. The molecule has 0 radical (unpaired) electrons. The van der Waals surface area contributed by atoms with Crippen LogP contribution in [0.15, 0.2) is 12.1 Å². The second kappa shape index (κ2) is 3.77. The van der Waals surface area contributed by atoms with Gasteiger partial charge in [-0.1, -0.05) is 15.9 Å². The summed E-state index contributed by atoms with van der Waals surface area (Å²) < 4.78 is 37.6. The molecule has 1 nitrogen and oxygen atoms in total. The summed E-state index contributed by atoms with van der Waals surface area (Å²) in [5.74, 6) is 0.241. The predicted octanol–water partition coefficient (Wildman–Crippen LogP) is 3.87. The fraction of sp³-hybridized carbons (Fsp3) is 0.500. The Labute approximate surface area is 93.8 Å². The predicted molar refractivity (Wildman–Crippen MR) is 53.8 cm³/mol. The number of aromatic nitrogens is 1. The second-order valence-electron chi connectivity index (χ2n) is 3.68. The van der Waals surface area contributed by atoms with Crippen LogP contribution in [-0.2, 0) is 11.5 Å². The molecular weight excluding hydrogens is 271 g/mol. The molecule has 0 N–H and O–H groups in total. The summed E-state index contributed by atoms with van der Waals surface area (Å²) in [7, 11) is 0. The van der Waals surface area contributed by atoms with E-state index in [0.29, 0.717) is 16.7 Å². The van der Waals surface area contributed by atoms with E-state index >= 15 is 0 Å². The molecule has 15 heavy (non-hydrogen) atoms. The number of rotatable bonds is 2. The van der Waals surface area contributed by atoms with Crippen LogP contribution >= 0.6 is 15.9 Å². The van der Waals surface area contributed by atoms with Gasteiger partial charge in [0.25, 0.3) is 0 Å². The van der Waals surface area contributed by atoms with Crippen molar-refractivity contribution in [2.24, 2.45) is 0 Å². The van der Waals surface area contributed by atoms with Gasteiger partial charge in [0, 0.05) is 16.9 Å². The van der Waals surface area contributed by atoms with Crippen LogP contribution < -0.4 is 0 Å². The first-order valence-electron chi connectivity index (χ1n) is 4.64. The second-order valence-corrected chi connectivity index (χ2v) is 4.24. The zero-order valence-electron chi connectivity index (χ0n) is 7.81. The quantitative estimate of drug-likeness (QED) is 0.749. The Hall–Kier alpha value is -0.580. The summed E-state index contributed by atoms with van der Waals surface area (Å²) in [4.78, 5) is 4.18. The van der Waals surface area contributed by atoms with Gasteiger partial charge in [0.15, 0.2) is 0 Å². The number of halogens is 4. The van der Waals surface area contributed by atoms with Gasteiger partial charge in [-0.3, -0.25) is 4.98 Å². The molecule has 0 aliphatic heterocycles. The SMILES string of the molecule is FC(F)(F)c1cc(CBr)nc(C2CC2)c1. The van der Waals surface area contributed by atoms with Crippen LogP contribution in [-0.4, -0.2) is 4.98 Å². The first-order chi connectivity index (χ1) is 7.00. The molecule has 0 atom stereocenters. The monoisotopic (exact) mass is 279 g/mol. The van der Waals surface area contributed by atoms with E-state index in [-0.39, 0.29) is 5.92 Å². The molecule has 0 unspecified atom stereocenters. The highest BCUT2D eigenvalue weighted by Gasteiger charge is 2.34. The van der Waals surface area contributed by atoms with Gasteiger partial charge in [-0.25, -0.2) is 0 Å². The number of pyridine rings is 1. The highest BCUT2D eigenvalue weighted by atomic mass is 79.9. The van der Waals surface area contributed by atoms with E-state index in [1.165, 1.54) is 6.07 Å². The van der Waals surface area contributed by atoms with E-state index in [1.807, 2.05) is 0 Å². The molecule has 1 aliphatic carbocycles. The van der Waals surface area contributed by atoms with Crippen LogP contribution in [0.4, 0.5) is 13.2 Å². The Morgan fingerprint density at radius 1 is 1.33 bits per heavy atom. The molecule has 1 fully saturated rings. The van der Waals surface area contributed by atoms with Crippen LogP contribution in [0.2, 0.25) is 0 Å². The lowest BCUT2D eigenvalue weighted by Gasteiger charge is -2.09. The van der Waals surface area contributed by atoms with Crippen molar-refractivity contribution in [2.45, 2.75) is 30.3 Å². The lowest BCUT2D eigenvalue weighted by Crippen LogP contribution is -2.08. The highest BCUT2D eigenvalue weighted by molar-refractivity contribution is 9.08. The van der Waals surface area contributed by atoms with Crippen molar-refractivity contribution < 1.29 is 13.2 Å². The van der Waals surface area contributed by atoms with Crippen molar-refractivity contribution in [3.63, 3.8) is 0 Å². The van der Waals surface area contributed by atoms with Crippen LogP contribution in [0.5, 0.6) is 0 Å². The number of hydrogen-bond acceptors (Lipinski definition) is 1. The molecule has 0 amide bonds. The Balaban J connectivity index is 2.41. The van der Waals surface area contributed by atoms with Crippen molar-refractivity contribution >= 4 is 15.9 Å². The Morgan fingerprint density at radius 2 is 2.00 bits per heavy atom. The van der Waals surface area contributed by atoms with Gasteiger partial charge in [-0.05, 0) is 25.0 Å².